The summed E-state index contributed by atoms with van der Waals surface area (Å²) >= 11 is 0.847. The average Bonchev–Trinajstić information content (AvgIpc) is 3.53. The van der Waals surface area contributed by atoms with E-state index in [9.17, 15) is 5.11 Å². The Morgan fingerprint density at radius 3 is 1.78 bits per heavy atom. The van der Waals surface area contributed by atoms with Gasteiger partial charge in [-0.25, -0.2) is 0 Å². The second-order valence-corrected chi connectivity index (χ2v) is 16.7. The molecular weight excluding hydrogens is 637 g/mol. The minimum atomic E-state index is -0.468. The summed E-state index contributed by atoms with van der Waals surface area (Å²) in [6, 6.07) is 0. The second kappa shape index (κ2) is 13.4. The Kier molecular flexibility index (Phi) is 11.2. The van der Waals surface area contributed by atoms with Gasteiger partial charge in [0.2, 0.25) is 0 Å². The van der Waals surface area contributed by atoms with Crippen LogP contribution in [0, 0.1) is 21.7 Å². The molecule has 244 valence electrons. The molecule has 0 spiro atoms. The molecule has 0 fully saturated rings. The number of hydrogen-bond donors (Lipinski definition) is 0. The molecule has 2 atom stereocenters. The minimum absolute atomic E-state index is 0.0309. The molecule has 7 nitrogen and oxygen atoms in total. The summed E-state index contributed by atoms with van der Waals surface area (Å²) in [5.41, 5.74) is 5.03. The van der Waals surface area contributed by atoms with E-state index in [1.165, 1.54) is 0 Å². The van der Waals surface area contributed by atoms with Crippen molar-refractivity contribution in [3.05, 3.63) is 47.6 Å². The van der Waals surface area contributed by atoms with E-state index in [2.05, 4.69) is 86.0 Å². The van der Waals surface area contributed by atoms with Crippen molar-refractivity contribution in [2.75, 3.05) is 13.2 Å². The number of ether oxygens (including phenoxy) is 2. The molecule has 0 saturated heterocycles. The summed E-state index contributed by atoms with van der Waals surface area (Å²) in [7, 11) is 4.76. The number of halogens is 1. The van der Waals surface area contributed by atoms with Crippen molar-refractivity contribution < 1.29 is 31.9 Å². The van der Waals surface area contributed by atoms with Gasteiger partial charge in [-0.2, -0.15) is 0 Å². The predicted octanol–water partition coefficient (Wildman–Crippen LogP) is 8.23. The van der Waals surface area contributed by atoms with Gasteiger partial charge in [-0.05, 0) is 72.1 Å². The Balaban J connectivity index is 0.00000271. The fraction of sp³-hybridized carbons (Fsp3) is 0.667. The molecule has 0 amide bonds. The van der Waals surface area contributed by atoms with E-state index in [0.29, 0.717) is 19.6 Å². The monoisotopic (exact) mass is 688 g/mol. The first kappa shape index (κ1) is 37.7. The van der Waals surface area contributed by atoms with Crippen LogP contribution in [0.5, 0.6) is 0 Å². The van der Waals surface area contributed by atoms with E-state index in [1.807, 2.05) is 26.8 Å². The van der Waals surface area contributed by atoms with Crippen LogP contribution in [-0.2, 0) is 26.8 Å². The molecule has 4 aliphatic heterocycles. The standard InChI is InChI=1S/C36H54N4O3.ClH.Zn/c1-23-33(8,9)17-24(37-23)14-25-19-35(12,21-42-31(2,3)4)29(39-25)16-27-34(10,11)18-26(38-27)15-28-36(13,20-30(41)40-28)22-43-32(5,6)7;;/h14-16H,1,17-22H2,2-13H3,(H,40,41);1H;/q;;+2/p-2/b25-14+,27-16-,28-15+;;. The zero-order valence-corrected chi connectivity index (χ0v) is 33.5. The fourth-order valence-electron chi connectivity index (χ4n) is 5.73. The van der Waals surface area contributed by atoms with Gasteiger partial charge in [-0.1, -0.05) is 48.1 Å². The van der Waals surface area contributed by atoms with Crippen molar-refractivity contribution in [2.24, 2.45) is 41.6 Å². The van der Waals surface area contributed by atoms with Crippen molar-refractivity contribution >= 4 is 32.7 Å². The topological polar surface area (TPSA) is 91.0 Å². The van der Waals surface area contributed by atoms with Gasteiger partial charge in [0.15, 0.2) is 0 Å². The number of rotatable bonds is 7. The van der Waals surface area contributed by atoms with Gasteiger partial charge in [0, 0.05) is 75.1 Å². The molecular formula is C36H53ClN4O3Zn. The molecule has 0 bridgehead atoms. The Hall–Kier alpha value is -1.73. The summed E-state index contributed by atoms with van der Waals surface area (Å²) in [4.78, 5) is 19.4. The van der Waals surface area contributed by atoms with Gasteiger partial charge >= 0.3 is 27.0 Å². The van der Waals surface area contributed by atoms with Gasteiger partial charge in [0.1, 0.15) is 0 Å². The number of hydrogen-bond acceptors (Lipinski definition) is 7. The quantitative estimate of drug-likeness (QED) is 0.252. The molecule has 0 saturated carbocycles. The third-order valence-corrected chi connectivity index (χ3v) is 8.68. The Bertz CT molecular complexity index is 1400. The molecule has 0 aromatic carbocycles. The summed E-state index contributed by atoms with van der Waals surface area (Å²) in [6.07, 6.45) is 9.04. The van der Waals surface area contributed by atoms with Crippen LogP contribution in [-0.4, -0.2) is 47.4 Å². The van der Waals surface area contributed by atoms with E-state index < -0.39 is 5.41 Å². The fourth-order valence-corrected chi connectivity index (χ4v) is 5.73. The predicted molar refractivity (Wildman–Crippen MR) is 183 cm³/mol. The molecule has 4 heterocycles. The zero-order valence-electron chi connectivity index (χ0n) is 29.8. The van der Waals surface area contributed by atoms with Crippen LogP contribution >= 0.6 is 9.69 Å². The van der Waals surface area contributed by atoms with E-state index in [1.54, 1.807) is 0 Å². The van der Waals surface area contributed by atoms with Crippen molar-refractivity contribution in [1.82, 2.24) is 0 Å². The average molecular weight is 691 g/mol. The molecule has 4 rings (SSSR count). The van der Waals surface area contributed by atoms with Crippen LogP contribution in [0.15, 0.2) is 67.6 Å². The van der Waals surface area contributed by atoms with Crippen LogP contribution in [0.4, 0.5) is 0 Å². The third kappa shape index (κ3) is 9.65. The Morgan fingerprint density at radius 1 is 0.711 bits per heavy atom. The molecule has 0 aliphatic carbocycles. The Morgan fingerprint density at radius 2 is 1.24 bits per heavy atom. The number of nitrogens with zero attached hydrogens (tertiary/aromatic N) is 4. The molecule has 45 heavy (non-hydrogen) atoms. The van der Waals surface area contributed by atoms with Crippen LogP contribution in [0.2, 0.25) is 0 Å². The van der Waals surface area contributed by atoms with Gasteiger partial charge < -0.3 is 14.6 Å². The normalized spacial score (nSPS) is 30.5. The maximum atomic E-state index is 12.4. The molecule has 0 aromatic rings. The first-order valence-corrected chi connectivity index (χ1v) is 19.8. The van der Waals surface area contributed by atoms with Gasteiger partial charge in [-0.3, -0.25) is 20.0 Å². The van der Waals surface area contributed by atoms with E-state index in [0.717, 1.165) is 76.5 Å². The van der Waals surface area contributed by atoms with E-state index in [4.69, 9.17) is 34.1 Å². The zero-order chi connectivity index (χ0) is 34.2. The van der Waals surface area contributed by atoms with Crippen molar-refractivity contribution in [3.8, 4) is 0 Å². The summed E-state index contributed by atoms with van der Waals surface area (Å²) in [5, 5.41) is 12.4. The maximum absolute atomic E-state index is 12.4. The van der Waals surface area contributed by atoms with E-state index >= 15 is 0 Å². The molecule has 0 N–H and O–H groups in total. The van der Waals surface area contributed by atoms with Crippen molar-refractivity contribution in [1.29, 1.82) is 0 Å². The Labute approximate surface area is 285 Å². The van der Waals surface area contributed by atoms with Gasteiger partial charge in [0.05, 0.1) is 30.1 Å². The molecule has 0 radical (unpaired) electrons. The summed E-state index contributed by atoms with van der Waals surface area (Å²) in [5.74, 6) is -0.104. The molecule has 9 heteroatoms. The van der Waals surface area contributed by atoms with Crippen molar-refractivity contribution in [2.45, 2.75) is 120 Å². The second-order valence-electron chi connectivity index (χ2n) is 16.7. The third-order valence-electron chi connectivity index (χ3n) is 8.68. The van der Waals surface area contributed by atoms with Crippen LogP contribution in [0.25, 0.3) is 0 Å². The van der Waals surface area contributed by atoms with Crippen molar-refractivity contribution in [3.63, 3.8) is 0 Å². The number of aliphatic imine (C=N–C) groups is 4. The molecule has 2 unspecified atom stereocenters. The SMILES string of the molecule is C=C1N=C(/C=C2\CC(C)(COC(C)(C)C)C(/C=C3N=C(/C=C4/N=C([O-])CC4(C)COC(C)(C)C)CC\3(C)C)=N2)CC1(C)C.[Cl][Zn+]. The van der Waals surface area contributed by atoms with Crippen LogP contribution in [0.3, 0.4) is 0 Å². The summed E-state index contributed by atoms with van der Waals surface area (Å²) in [6.45, 7) is 30.6. The summed E-state index contributed by atoms with van der Waals surface area (Å²) < 4.78 is 12.4. The molecule has 0 aromatic heterocycles. The van der Waals surface area contributed by atoms with Crippen LogP contribution in [0.1, 0.15) is 109 Å². The van der Waals surface area contributed by atoms with Gasteiger partial charge in [-0.15, -0.1) is 0 Å². The first-order valence-electron chi connectivity index (χ1n) is 15.9. The van der Waals surface area contributed by atoms with Gasteiger partial charge in [0.25, 0.3) is 0 Å². The van der Waals surface area contributed by atoms with Crippen LogP contribution < -0.4 is 5.11 Å². The first-order chi connectivity index (χ1) is 20.5. The van der Waals surface area contributed by atoms with E-state index in [-0.39, 0.29) is 33.3 Å². The molecule has 4 aliphatic rings. The number of allylic oxidation sites excluding steroid dienone is 6.